The Morgan fingerprint density at radius 2 is 1.09 bits per heavy atom. The summed E-state index contributed by atoms with van der Waals surface area (Å²) < 4.78 is 31.1. The molecule has 0 aliphatic carbocycles. The van der Waals surface area contributed by atoms with Gasteiger partial charge in [-0.25, -0.2) is 38.5 Å². The Morgan fingerprint density at radius 3 is 1.46 bits per heavy atom. The van der Waals surface area contributed by atoms with E-state index in [-0.39, 0.29) is 38.7 Å². The van der Waals surface area contributed by atoms with Gasteiger partial charge in [0.15, 0.2) is 11.6 Å². The van der Waals surface area contributed by atoms with E-state index in [1.165, 1.54) is 29.4 Å². The Morgan fingerprint density at radius 1 is 0.537 bits per heavy atom. The van der Waals surface area contributed by atoms with E-state index in [1.807, 2.05) is 77.5 Å². The second-order valence-electron chi connectivity index (χ2n) is 21.9. The number of anilines is 3. The number of thiazole rings is 1. The Bertz CT molecular complexity index is 2310. The van der Waals surface area contributed by atoms with Crippen LogP contribution in [0.5, 0.6) is 0 Å². The molecule has 368 valence electrons. The van der Waals surface area contributed by atoms with Crippen molar-refractivity contribution < 1.29 is 18.3 Å². The summed E-state index contributed by atoms with van der Waals surface area (Å²) in [6.07, 6.45) is 8.00. The number of nitrogens with zero attached hydrogens (tertiary/aromatic N) is 5. The molecule has 10 nitrogen and oxygen atoms in total. The molecule has 0 amide bonds. The SMILES string of the molecule is CC(C)(C)c1cc(N)ncc1F.CC(C)(C)c1ccc(N)nc1.CC(C)(C)c1ccnc(N)c1F.CC(C)(C)c1ccsc1.CC(C)(C)c1nccs1.COC(=O)c1cc(C(C)(C)C)ccn1. The molecule has 0 fully saturated rings. The molecule has 0 bridgehead atoms. The van der Waals surface area contributed by atoms with Gasteiger partial charge in [-0.2, -0.15) is 11.3 Å². The van der Waals surface area contributed by atoms with Gasteiger partial charge in [0.05, 0.1) is 18.3 Å². The molecule has 6 rings (SSSR count). The van der Waals surface area contributed by atoms with E-state index < -0.39 is 11.8 Å². The molecule has 0 unspecified atom stereocenters. The second-order valence-corrected chi connectivity index (χ2v) is 23.6. The van der Waals surface area contributed by atoms with Crippen LogP contribution in [0.25, 0.3) is 0 Å². The molecule has 0 aliphatic heterocycles. The summed E-state index contributed by atoms with van der Waals surface area (Å²) in [5, 5.41) is 7.56. The van der Waals surface area contributed by atoms with Gasteiger partial charge in [-0.15, -0.1) is 11.3 Å². The minimum atomic E-state index is -0.398. The van der Waals surface area contributed by atoms with E-state index in [2.05, 4.69) is 130 Å². The van der Waals surface area contributed by atoms with E-state index in [4.69, 9.17) is 17.2 Å². The molecule has 6 aromatic rings. The molecule has 6 heterocycles. The highest BCUT2D eigenvalue weighted by Gasteiger charge is 2.21. The first kappa shape index (κ1) is 59.7. The molecule has 6 aromatic heterocycles. The van der Waals surface area contributed by atoms with Crippen LogP contribution in [0.15, 0.2) is 89.6 Å². The highest BCUT2D eigenvalue weighted by molar-refractivity contribution is 7.09. The van der Waals surface area contributed by atoms with Crippen LogP contribution in [0.3, 0.4) is 0 Å². The molecular weight excluding hydrogens is 883 g/mol. The minimum Gasteiger partial charge on any atom is -0.464 e. The topological polar surface area (TPSA) is 169 Å². The van der Waals surface area contributed by atoms with Crippen LogP contribution in [0.4, 0.5) is 26.2 Å². The number of methoxy groups -OCH3 is 1. The number of halogens is 2. The molecule has 0 atom stereocenters. The summed E-state index contributed by atoms with van der Waals surface area (Å²) in [6.45, 7) is 37.5. The van der Waals surface area contributed by atoms with Crippen molar-refractivity contribution in [3.8, 4) is 0 Å². The van der Waals surface area contributed by atoms with Crippen molar-refractivity contribution in [1.82, 2.24) is 24.9 Å². The van der Waals surface area contributed by atoms with Crippen LogP contribution in [0, 0.1) is 11.6 Å². The third-order valence-corrected chi connectivity index (χ3v) is 11.4. The fourth-order valence-corrected chi connectivity index (χ4v) is 6.92. The Labute approximate surface area is 408 Å². The van der Waals surface area contributed by atoms with E-state index in [0.29, 0.717) is 33.9 Å². The van der Waals surface area contributed by atoms with Crippen LogP contribution in [-0.4, -0.2) is 38.0 Å². The lowest BCUT2D eigenvalue weighted by Gasteiger charge is -2.19. The lowest BCUT2D eigenvalue weighted by Crippen LogP contribution is -2.15. The van der Waals surface area contributed by atoms with E-state index >= 15 is 0 Å². The van der Waals surface area contributed by atoms with E-state index in [9.17, 15) is 13.6 Å². The van der Waals surface area contributed by atoms with Crippen LogP contribution >= 0.6 is 22.7 Å². The molecule has 14 heteroatoms. The predicted octanol–water partition coefficient (Wildman–Crippen LogP) is 13.8. The summed E-state index contributed by atoms with van der Waals surface area (Å²) >= 11 is 3.49. The van der Waals surface area contributed by atoms with Crippen molar-refractivity contribution in [2.75, 3.05) is 24.3 Å². The van der Waals surface area contributed by atoms with Crippen molar-refractivity contribution in [2.24, 2.45) is 0 Å². The lowest BCUT2D eigenvalue weighted by molar-refractivity contribution is 0.0593. The summed E-state index contributed by atoms with van der Waals surface area (Å²) in [6, 6.07) is 13.0. The van der Waals surface area contributed by atoms with Gasteiger partial charge < -0.3 is 21.9 Å². The fourth-order valence-electron chi connectivity index (χ4n) is 5.32. The van der Waals surface area contributed by atoms with Gasteiger partial charge in [0.1, 0.15) is 23.1 Å². The van der Waals surface area contributed by atoms with Crippen molar-refractivity contribution in [3.05, 3.63) is 140 Å². The molecule has 0 saturated carbocycles. The number of nitrogen functional groups attached to an aromatic ring is 3. The second kappa shape index (κ2) is 25.1. The summed E-state index contributed by atoms with van der Waals surface area (Å²) in [7, 11) is 1.35. The quantitative estimate of drug-likeness (QED) is 0.135. The smallest absolute Gasteiger partial charge is 0.356 e. The zero-order valence-electron chi connectivity index (χ0n) is 43.5. The average Bonchev–Trinajstić information content (AvgIpc) is 3.97. The van der Waals surface area contributed by atoms with Crippen molar-refractivity contribution in [2.45, 2.75) is 157 Å². The number of esters is 1. The van der Waals surface area contributed by atoms with Crippen LogP contribution in [0.2, 0.25) is 0 Å². The maximum absolute atomic E-state index is 13.3. The maximum Gasteiger partial charge on any atom is 0.356 e. The van der Waals surface area contributed by atoms with Gasteiger partial charge in [-0.1, -0.05) is 131 Å². The highest BCUT2D eigenvalue weighted by Crippen LogP contribution is 2.28. The summed E-state index contributed by atoms with van der Waals surface area (Å²) in [5.41, 5.74) is 21.8. The third kappa shape index (κ3) is 21.9. The zero-order chi connectivity index (χ0) is 51.8. The van der Waals surface area contributed by atoms with Gasteiger partial charge in [-0.05, 0) is 102 Å². The summed E-state index contributed by atoms with van der Waals surface area (Å²) in [4.78, 5) is 30.7. The standard InChI is InChI=1S/C11H15NO2.2C9H13FN2.C9H14N2.C8H12S.C7H11NS/c1-11(2,3)8-5-6-12-9(7-8)10(13)14-4;1-9(2,3)6-4-8(11)12-5-7(6)10;1-9(2,3)6-4-5-12-8(11)7(6)10;1-9(2,3)7-4-5-8(10)11-6-7;1-8(2,3)7-4-5-9-6-7;1-7(2,3)6-8-4-5-9-6/h5-7H,1-4H3;2*4-5H,1-3H3,(H2,11,12);4-6H,1-3H3,(H2,10,11);4-6H,1-3H3;4-5H,1-3H3. The Balaban J connectivity index is 0.000000404. The molecule has 6 N–H and O–H groups in total. The van der Waals surface area contributed by atoms with Gasteiger partial charge >= 0.3 is 5.97 Å². The number of pyridine rings is 4. The largest absolute Gasteiger partial charge is 0.464 e. The number of nitrogens with two attached hydrogens (primary N) is 3. The summed E-state index contributed by atoms with van der Waals surface area (Å²) in [5.74, 6) is -0.167. The number of thiophene rings is 1. The molecule has 67 heavy (non-hydrogen) atoms. The molecule has 0 saturated heterocycles. The van der Waals surface area contributed by atoms with Crippen LogP contribution < -0.4 is 17.2 Å². The van der Waals surface area contributed by atoms with Crippen molar-refractivity contribution >= 4 is 46.1 Å². The van der Waals surface area contributed by atoms with Crippen molar-refractivity contribution in [3.63, 3.8) is 0 Å². The number of hydrogen-bond acceptors (Lipinski definition) is 12. The number of aromatic nitrogens is 5. The monoisotopic (exact) mass is 961 g/mol. The first-order chi connectivity index (χ1) is 30.5. The number of carbonyl (C=O) groups is 1. The van der Waals surface area contributed by atoms with Crippen LogP contribution in [0.1, 0.15) is 168 Å². The number of hydrogen-bond donors (Lipinski definition) is 3. The van der Waals surface area contributed by atoms with Crippen LogP contribution in [-0.2, 0) is 37.2 Å². The number of ether oxygens (including phenoxy) is 1. The highest BCUT2D eigenvalue weighted by atomic mass is 32.1. The normalized spacial score (nSPS) is 11.6. The average molecular weight is 961 g/mol. The van der Waals surface area contributed by atoms with Gasteiger partial charge in [0, 0.05) is 35.6 Å². The predicted molar refractivity (Wildman–Crippen MR) is 280 cm³/mol. The van der Waals surface area contributed by atoms with Gasteiger partial charge in [-0.3, -0.25) is 0 Å². The molecule has 0 radical (unpaired) electrons. The number of rotatable bonds is 1. The van der Waals surface area contributed by atoms with Gasteiger partial charge in [0.25, 0.3) is 0 Å². The molecular formula is C53H78F2N8O2S2. The van der Waals surface area contributed by atoms with E-state index in [1.54, 1.807) is 47.1 Å². The number of carbonyl (C=O) groups excluding carboxylic acids is 1. The molecule has 0 spiro atoms. The first-order valence-electron chi connectivity index (χ1n) is 22.0. The van der Waals surface area contributed by atoms with Gasteiger partial charge in [0.2, 0.25) is 0 Å². The fraction of sp³-hybridized carbons (Fsp3) is 0.472. The van der Waals surface area contributed by atoms with E-state index in [0.717, 1.165) is 11.8 Å². The molecule has 0 aromatic carbocycles. The third-order valence-electron chi connectivity index (χ3n) is 9.54. The molecule has 0 aliphatic rings. The Kier molecular flexibility index (Phi) is 22.4. The minimum absolute atomic E-state index is 0.0196. The zero-order valence-corrected chi connectivity index (χ0v) is 45.2. The van der Waals surface area contributed by atoms with Crippen molar-refractivity contribution in [1.29, 1.82) is 0 Å². The lowest BCUT2D eigenvalue weighted by atomic mass is 9.87. The Hall–Kier alpha value is -5.34. The first-order valence-corrected chi connectivity index (χ1v) is 23.8. The maximum atomic E-state index is 13.3.